The van der Waals surface area contributed by atoms with Crippen LogP contribution in [-0.2, 0) is 25.4 Å². The second-order valence-electron chi connectivity index (χ2n) is 8.27. The third-order valence-corrected chi connectivity index (χ3v) is 5.90. The maximum atomic E-state index is 11.8. The van der Waals surface area contributed by atoms with Gasteiger partial charge in [0, 0.05) is 25.1 Å². The predicted octanol–water partition coefficient (Wildman–Crippen LogP) is 3.05. The molecule has 31 heavy (non-hydrogen) atoms. The Kier molecular flexibility index (Phi) is 6.85. The van der Waals surface area contributed by atoms with Crippen LogP contribution in [0.15, 0.2) is 48.7 Å². The molecule has 2 aromatic rings. The highest BCUT2D eigenvalue weighted by atomic mass is 16.7. The summed E-state index contributed by atoms with van der Waals surface area (Å²) in [7, 11) is 1.33. The first-order valence-electron chi connectivity index (χ1n) is 10.8. The fourth-order valence-corrected chi connectivity index (χ4v) is 4.11. The molecule has 0 amide bonds. The molecule has 2 unspecified atom stereocenters. The fourth-order valence-electron chi connectivity index (χ4n) is 4.11. The average molecular weight is 427 g/mol. The van der Waals surface area contributed by atoms with E-state index in [1.54, 1.807) is 6.92 Å². The number of benzene rings is 1. The number of methoxy groups -OCH3 is 1. The van der Waals surface area contributed by atoms with E-state index in [0.29, 0.717) is 13.2 Å². The van der Waals surface area contributed by atoms with Crippen molar-refractivity contribution < 1.29 is 23.7 Å². The van der Waals surface area contributed by atoms with Gasteiger partial charge in [0.25, 0.3) is 5.79 Å². The van der Waals surface area contributed by atoms with Gasteiger partial charge in [0.05, 0.1) is 26.0 Å². The molecule has 7 nitrogen and oxygen atoms in total. The van der Waals surface area contributed by atoms with E-state index in [4.69, 9.17) is 18.9 Å². The number of hydrogen-bond donors (Lipinski definition) is 1. The highest BCUT2D eigenvalue weighted by Gasteiger charge is 2.41. The molecular formula is C24H30N2O5. The standard InChI is InChI=1S/C24H30N2O5/c1-24(23(27)28-2)29-15-18(16-30-24)14-17-8-10-19(11-9-17)31-22(21-7-5-13-26-21)20-6-3-4-12-25-20/h3-4,6,8-12,18,21-22,26H,5,7,13-16H2,1-2H3. The molecule has 3 heterocycles. The first-order valence-corrected chi connectivity index (χ1v) is 10.8. The molecule has 166 valence electrons. The van der Waals surface area contributed by atoms with Crippen LogP contribution >= 0.6 is 0 Å². The Labute approximate surface area is 183 Å². The van der Waals surface area contributed by atoms with Crippen molar-refractivity contribution in [2.45, 2.75) is 44.1 Å². The van der Waals surface area contributed by atoms with Gasteiger partial charge in [0.1, 0.15) is 5.75 Å². The minimum absolute atomic E-state index is 0.120. The van der Waals surface area contributed by atoms with Gasteiger partial charge in [-0.2, -0.15) is 0 Å². The highest BCUT2D eigenvalue weighted by molar-refractivity contribution is 5.77. The lowest BCUT2D eigenvalue weighted by atomic mass is 9.99. The zero-order valence-electron chi connectivity index (χ0n) is 18.1. The van der Waals surface area contributed by atoms with Gasteiger partial charge >= 0.3 is 5.97 Å². The molecule has 0 saturated carbocycles. The Hall–Kier alpha value is -2.48. The summed E-state index contributed by atoms with van der Waals surface area (Å²) < 4.78 is 22.4. The lowest BCUT2D eigenvalue weighted by molar-refractivity contribution is -0.272. The van der Waals surface area contributed by atoms with Crippen LogP contribution in [0.1, 0.15) is 37.1 Å². The summed E-state index contributed by atoms with van der Waals surface area (Å²) in [5.41, 5.74) is 2.11. The zero-order valence-corrected chi connectivity index (χ0v) is 18.1. The van der Waals surface area contributed by atoms with E-state index in [2.05, 4.69) is 22.4 Å². The van der Waals surface area contributed by atoms with Crippen LogP contribution < -0.4 is 10.1 Å². The SMILES string of the molecule is COC(=O)C1(C)OCC(Cc2ccc(OC(c3ccccn3)C3CCCN3)cc2)CO1. The maximum Gasteiger partial charge on any atom is 0.366 e. The molecule has 7 heteroatoms. The van der Waals surface area contributed by atoms with E-state index in [1.807, 2.05) is 36.5 Å². The number of hydrogen-bond acceptors (Lipinski definition) is 7. The molecule has 1 N–H and O–H groups in total. The zero-order chi connectivity index (χ0) is 21.7. The quantitative estimate of drug-likeness (QED) is 0.682. The number of carbonyl (C=O) groups is 1. The van der Waals surface area contributed by atoms with Crippen molar-refractivity contribution in [2.24, 2.45) is 5.92 Å². The number of nitrogens with one attached hydrogen (secondary N) is 1. The first kappa shape index (κ1) is 21.7. The number of rotatable bonds is 7. The van der Waals surface area contributed by atoms with Crippen LogP contribution in [0.5, 0.6) is 5.75 Å². The topological polar surface area (TPSA) is 78.9 Å². The smallest absolute Gasteiger partial charge is 0.366 e. The van der Waals surface area contributed by atoms with Crippen molar-refractivity contribution >= 4 is 5.97 Å². The van der Waals surface area contributed by atoms with Crippen molar-refractivity contribution in [1.29, 1.82) is 0 Å². The van der Waals surface area contributed by atoms with Gasteiger partial charge < -0.3 is 24.3 Å². The monoisotopic (exact) mass is 426 g/mol. The van der Waals surface area contributed by atoms with E-state index >= 15 is 0 Å². The summed E-state index contributed by atoms with van der Waals surface area (Å²) in [4.78, 5) is 16.3. The van der Waals surface area contributed by atoms with Crippen molar-refractivity contribution in [3.05, 3.63) is 59.9 Å². The van der Waals surface area contributed by atoms with Crippen LogP contribution in [0, 0.1) is 5.92 Å². The molecule has 2 saturated heterocycles. The van der Waals surface area contributed by atoms with Gasteiger partial charge in [-0.15, -0.1) is 0 Å². The third-order valence-electron chi connectivity index (χ3n) is 5.90. The van der Waals surface area contributed by atoms with Crippen LogP contribution in [0.4, 0.5) is 0 Å². The van der Waals surface area contributed by atoms with Crippen LogP contribution in [-0.4, -0.2) is 49.7 Å². The second-order valence-corrected chi connectivity index (χ2v) is 8.27. The van der Waals surface area contributed by atoms with Gasteiger partial charge in [-0.3, -0.25) is 4.98 Å². The molecule has 2 aliphatic rings. The van der Waals surface area contributed by atoms with Crippen LogP contribution in [0.2, 0.25) is 0 Å². The summed E-state index contributed by atoms with van der Waals surface area (Å²) in [6.45, 7) is 3.49. The predicted molar refractivity (Wildman–Crippen MR) is 115 cm³/mol. The number of pyridine rings is 1. The Morgan fingerprint density at radius 1 is 1.23 bits per heavy atom. The average Bonchev–Trinajstić information content (AvgIpc) is 3.35. The number of esters is 1. The van der Waals surface area contributed by atoms with Gasteiger partial charge in [-0.25, -0.2) is 4.79 Å². The Morgan fingerprint density at radius 3 is 2.61 bits per heavy atom. The molecule has 4 rings (SSSR count). The minimum Gasteiger partial charge on any atom is -0.482 e. The van der Waals surface area contributed by atoms with Crippen molar-refractivity contribution in [3.8, 4) is 5.75 Å². The van der Waals surface area contributed by atoms with Gasteiger partial charge in [-0.05, 0) is 55.6 Å². The second kappa shape index (κ2) is 9.77. The van der Waals surface area contributed by atoms with E-state index in [9.17, 15) is 4.79 Å². The molecule has 2 atom stereocenters. The minimum atomic E-state index is -1.31. The van der Waals surface area contributed by atoms with E-state index < -0.39 is 11.8 Å². The lowest BCUT2D eigenvalue weighted by Gasteiger charge is -2.35. The third kappa shape index (κ3) is 5.23. The maximum absolute atomic E-state index is 11.8. The number of aromatic nitrogens is 1. The van der Waals surface area contributed by atoms with Gasteiger partial charge in [-0.1, -0.05) is 18.2 Å². The van der Waals surface area contributed by atoms with Gasteiger partial charge in [0.15, 0.2) is 6.10 Å². The largest absolute Gasteiger partial charge is 0.482 e. The van der Waals surface area contributed by atoms with Crippen molar-refractivity contribution in [3.63, 3.8) is 0 Å². The Balaban J connectivity index is 1.36. The van der Waals surface area contributed by atoms with Crippen LogP contribution in [0.25, 0.3) is 0 Å². The molecule has 1 aromatic carbocycles. The summed E-state index contributed by atoms with van der Waals surface area (Å²) in [6, 6.07) is 14.3. The van der Waals surface area contributed by atoms with E-state index in [-0.39, 0.29) is 18.1 Å². The first-order chi connectivity index (χ1) is 15.1. The Bertz CT molecular complexity index is 844. The van der Waals surface area contributed by atoms with Crippen molar-refractivity contribution in [1.82, 2.24) is 10.3 Å². The summed E-state index contributed by atoms with van der Waals surface area (Å²) in [5, 5.41) is 3.53. The Morgan fingerprint density at radius 2 is 2.00 bits per heavy atom. The summed E-state index contributed by atoms with van der Waals surface area (Å²) in [6.07, 6.45) is 4.71. The molecule has 0 bridgehead atoms. The van der Waals surface area contributed by atoms with E-state index in [1.165, 1.54) is 12.7 Å². The molecule has 1 aromatic heterocycles. The summed E-state index contributed by atoms with van der Waals surface area (Å²) >= 11 is 0. The molecule has 2 fully saturated rings. The van der Waals surface area contributed by atoms with Gasteiger partial charge in [0.2, 0.25) is 0 Å². The molecule has 0 radical (unpaired) electrons. The fraction of sp³-hybridized carbons (Fsp3) is 0.500. The van der Waals surface area contributed by atoms with E-state index in [0.717, 1.165) is 37.3 Å². The molecule has 2 aliphatic heterocycles. The molecule has 0 spiro atoms. The summed E-state index contributed by atoms with van der Waals surface area (Å²) in [5.74, 6) is -0.819. The van der Waals surface area contributed by atoms with Crippen LogP contribution in [0.3, 0.4) is 0 Å². The highest BCUT2D eigenvalue weighted by Crippen LogP contribution is 2.29. The molecular weight excluding hydrogens is 396 g/mol. The van der Waals surface area contributed by atoms with Crippen molar-refractivity contribution in [2.75, 3.05) is 26.9 Å². The number of ether oxygens (including phenoxy) is 4. The molecule has 0 aliphatic carbocycles. The number of nitrogens with zero attached hydrogens (tertiary/aromatic N) is 1. The normalized spacial score (nSPS) is 26.9. The lowest BCUT2D eigenvalue weighted by Crippen LogP contribution is -2.48. The number of carbonyl (C=O) groups excluding carboxylic acids is 1.